The largest absolute Gasteiger partial charge is 0.493 e. The highest BCUT2D eigenvalue weighted by Crippen LogP contribution is 2.33. The summed E-state index contributed by atoms with van der Waals surface area (Å²) >= 11 is 0. The van der Waals surface area contributed by atoms with Crippen molar-refractivity contribution in [3.8, 4) is 5.88 Å². The summed E-state index contributed by atoms with van der Waals surface area (Å²) in [5.74, 6) is 0.342. The number of allylic oxidation sites excluding steroid dienone is 2. The maximum atomic E-state index is 11.6. The van der Waals surface area contributed by atoms with E-state index in [2.05, 4.69) is 9.97 Å². The predicted octanol–water partition coefficient (Wildman–Crippen LogP) is 2.24. The second kappa shape index (κ2) is 5.82. The number of nitrogens with zero attached hydrogens (tertiary/aromatic N) is 2. The molecule has 1 aromatic rings. The molecule has 1 heterocycles. The van der Waals surface area contributed by atoms with Crippen LogP contribution in [-0.4, -0.2) is 27.7 Å². The van der Waals surface area contributed by atoms with E-state index in [1.807, 2.05) is 13.0 Å². The summed E-state index contributed by atoms with van der Waals surface area (Å²) in [6.07, 6.45) is 5.70. The first-order chi connectivity index (χ1) is 9.11. The predicted molar refractivity (Wildman–Crippen MR) is 70.4 cm³/mol. The highest BCUT2D eigenvalue weighted by atomic mass is 16.5. The van der Waals surface area contributed by atoms with Gasteiger partial charge in [-0.1, -0.05) is 6.08 Å². The molecular weight excluding hydrogens is 244 g/mol. The molecule has 0 amide bonds. The van der Waals surface area contributed by atoms with Crippen molar-refractivity contribution in [3.63, 3.8) is 0 Å². The van der Waals surface area contributed by atoms with E-state index < -0.39 is 0 Å². The first kappa shape index (κ1) is 13.5. The van der Waals surface area contributed by atoms with Crippen molar-refractivity contribution in [3.05, 3.63) is 23.7 Å². The van der Waals surface area contributed by atoms with Crippen LogP contribution in [0.25, 0.3) is 5.57 Å². The minimum Gasteiger partial charge on any atom is -0.493 e. The molecule has 5 heteroatoms. The van der Waals surface area contributed by atoms with Gasteiger partial charge in [-0.3, -0.25) is 4.79 Å². The van der Waals surface area contributed by atoms with Crippen LogP contribution in [0.3, 0.4) is 0 Å². The van der Waals surface area contributed by atoms with E-state index in [4.69, 9.17) is 4.74 Å². The van der Waals surface area contributed by atoms with E-state index in [-0.39, 0.29) is 17.8 Å². The van der Waals surface area contributed by atoms with Crippen LogP contribution in [0.15, 0.2) is 12.3 Å². The van der Waals surface area contributed by atoms with Gasteiger partial charge >= 0.3 is 5.97 Å². The smallest absolute Gasteiger partial charge is 0.309 e. The van der Waals surface area contributed by atoms with E-state index >= 15 is 0 Å². The van der Waals surface area contributed by atoms with Crippen molar-refractivity contribution < 1.29 is 14.6 Å². The van der Waals surface area contributed by atoms with Crippen molar-refractivity contribution in [1.29, 1.82) is 0 Å². The summed E-state index contributed by atoms with van der Waals surface area (Å²) in [4.78, 5) is 19.7. The Labute approximate surface area is 112 Å². The van der Waals surface area contributed by atoms with Crippen molar-refractivity contribution in [2.24, 2.45) is 5.92 Å². The fourth-order valence-corrected chi connectivity index (χ4v) is 2.24. The molecule has 5 nitrogen and oxygen atoms in total. The maximum absolute atomic E-state index is 11.6. The third-order valence-corrected chi connectivity index (χ3v) is 3.27. The SMILES string of the molecule is CCOC(=O)C1CC=C(c2cnc(C)nc2O)CC1. The van der Waals surface area contributed by atoms with Crippen LogP contribution in [-0.2, 0) is 9.53 Å². The van der Waals surface area contributed by atoms with Gasteiger partial charge in [0, 0.05) is 6.20 Å². The lowest BCUT2D eigenvalue weighted by atomic mass is 9.87. The highest BCUT2D eigenvalue weighted by Gasteiger charge is 2.24. The summed E-state index contributed by atoms with van der Waals surface area (Å²) in [6.45, 7) is 3.96. The Hall–Kier alpha value is -1.91. The molecule has 19 heavy (non-hydrogen) atoms. The summed E-state index contributed by atoms with van der Waals surface area (Å²) in [6, 6.07) is 0. The average molecular weight is 262 g/mol. The standard InChI is InChI=1S/C14H18N2O3/c1-3-19-14(18)11-6-4-10(5-7-11)12-8-15-9(2)16-13(12)17/h4,8,11H,3,5-7H2,1-2H3,(H,15,16,17). The van der Waals surface area contributed by atoms with Crippen molar-refractivity contribution in [2.75, 3.05) is 6.61 Å². The third kappa shape index (κ3) is 3.10. The number of hydrogen-bond acceptors (Lipinski definition) is 5. The number of carbonyl (C=O) groups excluding carboxylic acids is 1. The number of aromatic hydroxyl groups is 1. The van der Waals surface area contributed by atoms with Crippen molar-refractivity contribution >= 4 is 11.5 Å². The van der Waals surface area contributed by atoms with Crippen LogP contribution in [0, 0.1) is 12.8 Å². The summed E-state index contributed by atoms with van der Waals surface area (Å²) in [5.41, 5.74) is 1.66. The lowest BCUT2D eigenvalue weighted by Gasteiger charge is -2.20. The summed E-state index contributed by atoms with van der Waals surface area (Å²) in [5, 5.41) is 9.82. The zero-order valence-corrected chi connectivity index (χ0v) is 11.2. The van der Waals surface area contributed by atoms with Crippen molar-refractivity contribution in [1.82, 2.24) is 9.97 Å². The Bertz CT molecular complexity index is 511. The Morgan fingerprint density at radius 3 is 2.95 bits per heavy atom. The van der Waals surface area contributed by atoms with E-state index in [1.54, 1.807) is 13.1 Å². The number of hydrogen-bond donors (Lipinski definition) is 1. The Morgan fingerprint density at radius 1 is 1.58 bits per heavy atom. The molecule has 102 valence electrons. The first-order valence-corrected chi connectivity index (χ1v) is 6.50. The van der Waals surface area contributed by atoms with Crippen LogP contribution in [0.5, 0.6) is 5.88 Å². The van der Waals surface area contributed by atoms with Gasteiger partial charge < -0.3 is 9.84 Å². The Balaban J connectivity index is 2.10. The molecule has 1 atom stereocenters. The molecule has 1 aliphatic carbocycles. The molecule has 0 aromatic carbocycles. The maximum Gasteiger partial charge on any atom is 0.309 e. The second-order valence-corrected chi connectivity index (χ2v) is 4.61. The summed E-state index contributed by atoms with van der Waals surface area (Å²) < 4.78 is 5.02. The fourth-order valence-electron chi connectivity index (χ4n) is 2.24. The topological polar surface area (TPSA) is 72.3 Å². The molecule has 0 saturated heterocycles. The van der Waals surface area contributed by atoms with Gasteiger partial charge in [0.25, 0.3) is 0 Å². The summed E-state index contributed by atoms with van der Waals surface area (Å²) in [7, 11) is 0. The van der Waals surface area contributed by atoms with Gasteiger partial charge in [-0.05, 0) is 38.7 Å². The van der Waals surface area contributed by atoms with Gasteiger partial charge in [0.2, 0.25) is 5.88 Å². The molecule has 2 rings (SSSR count). The number of rotatable bonds is 3. The molecule has 0 bridgehead atoms. The molecule has 0 fully saturated rings. The highest BCUT2D eigenvalue weighted by molar-refractivity contribution is 5.76. The van der Waals surface area contributed by atoms with Crippen LogP contribution >= 0.6 is 0 Å². The van der Waals surface area contributed by atoms with E-state index in [1.165, 1.54) is 0 Å². The molecule has 0 saturated carbocycles. The van der Waals surface area contributed by atoms with Crippen LogP contribution in [0.2, 0.25) is 0 Å². The normalized spacial score (nSPS) is 18.8. The van der Waals surface area contributed by atoms with E-state index in [0.29, 0.717) is 24.4 Å². The van der Waals surface area contributed by atoms with Gasteiger partial charge in [0.15, 0.2) is 0 Å². The third-order valence-electron chi connectivity index (χ3n) is 3.27. The number of esters is 1. The zero-order chi connectivity index (χ0) is 13.8. The molecule has 1 N–H and O–H groups in total. The lowest BCUT2D eigenvalue weighted by Crippen LogP contribution is -2.19. The van der Waals surface area contributed by atoms with Crippen LogP contribution < -0.4 is 0 Å². The Morgan fingerprint density at radius 2 is 2.37 bits per heavy atom. The number of aromatic nitrogens is 2. The number of ether oxygens (including phenoxy) is 1. The van der Waals surface area contributed by atoms with Gasteiger partial charge in [-0.2, -0.15) is 4.98 Å². The fraction of sp³-hybridized carbons (Fsp3) is 0.500. The number of carbonyl (C=O) groups is 1. The van der Waals surface area contributed by atoms with Crippen LogP contribution in [0.1, 0.15) is 37.6 Å². The second-order valence-electron chi connectivity index (χ2n) is 4.61. The minimum atomic E-state index is -0.137. The molecule has 1 aliphatic rings. The van der Waals surface area contributed by atoms with E-state index in [9.17, 15) is 9.90 Å². The van der Waals surface area contributed by atoms with Gasteiger partial charge in [-0.15, -0.1) is 0 Å². The quantitative estimate of drug-likeness (QED) is 0.846. The Kier molecular flexibility index (Phi) is 4.14. The van der Waals surface area contributed by atoms with Gasteiger partial charge in [0.05, 0.1) is 18.1 Å². The first-order valence-electron chi connectivity index (χ1n) is 6.50. The zero-order valence-electron chi connectivity index (χ0n) is 11.2. The van der Waals surface area contributed by atoms with Crippen LogP contribution in [0.4, 0.5) is 0 Å². The van der Waals surface area contributed by atoms with Crippen molar-refractivity contribution in [2.45, 2.75) is 33.1 Å². The molecule has 0 radical (unpaired) electrons. The van der Waals surface area contributed by atoms with Gasteiger partial charge in [0.1, 0.15) is 5.82 Å². The molecule has 1 unspecified atom stereocenters. The molecule has 0 spiro atoms. The average Bonchev–Trinajstić information content (AvgIpc) is 2.39. The minimum absolute atomic E-state index is 0.00772. The lowest BCUT2D eigenvalue weighted by molar-refractivity contribution is -0.148. The monoisotopic (exact) mass is 262 g/mol. The van der Waals surface area contributed by atoms with E-state index in [0.717, 1.165) is 18.4 Å². The molecular formula is C14H18N2O3. The van der Waals surface area contributed by atoms with Gasteiger partial charge in [-0.25, -0.2) is 4.98 Å². The molecule has 0 aliphatic heterocycles. The number of aryl methyl sites for hydroxylation is 1. The molecule has 1 aromatic heterocycles.